The summed E-state index contributed by atoms with van der Waals surface area (Å²) in [4.78, 5) is -0.0187. The molecule has 5 heteroatoms. The number of rotatable bonds is 3. The minimum absolute atomic E-state index is 0.0187. The van der Waals surface area contributed by atoms with Gasteiger partial charge in [0.1, 0.15) is 0 Å². The van der Waals surface area contributed by atoms with Gasteiger partial charge >= 0.3 is 0 Å². The predicted octanol–water partition coefficient (Wildman–Crippen LogP) is 2.92. The molecule has 0 saturated heterocycles. The number of halogens is 1. The molecule has 0 aromatic heterocycles. The molecule has 0 spiro atoms. The molecule has 1 rings (SSSR count). The van der Waals surface area contributed by atoms with Crippen molar-refractivity contribution >= 4 is 10.0 Å². The Morgan fingerprint density at radius 3 is 2.06 bits per heavy atom. The van der Waals surface area contributed by atoms with Crippen molar-refractivity contribution in [3.8, 4) is 0 Å². The molecule has 3 nitrogen and oxygen atoms in total. The molecule has 0 radical (unpaired) electrons. The fraction of sp³-hybridized carbons (Fsp3) is 0.500. The molecule has 0 N–H and O–H groups in total. The maximum Gasteiger partial charge on any atom is 0.269 e. The van der Waals surface area contributed by atoms with Crippen molar-refractivity contribution in [2.24, 2.45) is 5.41 Å². The molecule has 17 heavy (non-hydrogen) atoms. The van der Waals surface area contributed by atoms with Crippen LogP contribution in [-0.2, 0) is 10.0 Å². The van der Waals surface area contributed by atoms with E-state index in [2.05, 4.69) is 0 Å². The number of hydrogen-bond acceptors (Lipinski definition) is 2. The number of aryl methyl sites for hydroxylation is 1. The van der Waals surface area contributed by atoms with Crippen molar-refractivity contribution in [3.05, 3.63) is 29.8 Å². The van der Waals surface area contributed by atoms with Crippen molar-refractivity contribution in [3.63, 3.8) is 0 Å². The highest BCUT2D eigenvalue weighted by atomic mass is 32.2. The van der Waals surface area contributed by atoms with Gasteiger partial charge < -0.3 is 0 Å². The Bertz CT molecular complexity index is 474. The fourth-order valence-electron chi connectivity index (χ4n) is 1.28. The quantitative estimate of drug-likeness (QED) is 0.783. The Labute approximate surface area is 102 Å². The van der Waals surface area contributed by atoms with Crippen molar-refractivity contribution in [2.75, 3.05) is 6.54 Å². The summed E-state index contributed by atoms with van der Waals surface area (Å²) in [5, 5.41) is 0. The third-order valence-corrected chi connectivity index (χ3v) is 3.70. The average molecular weight is 259 g/mol. The number of benzene rings is 1. The first-order valence-corrected chi connectivity index (χ1v) is 6.82. The molecule has 0 aliphatic rings. The van der Waals surface area contributed by atoms with Crippen LogP contribution in [0.25, 0.3) is 0 Å². The second-order valence-corrected chi connectivity index (χ2v) is 7.14. The standard InChI is InChI=1S/C12H18FNO2S/c1-10-5-7-11(8-6-10)17(15,16)14(13)9-12(2,3)4/h5-8H,9H2,1-4H3. The number of nitrogens with zero attached hydrogens (tertiary/aromatic N) is 1. The molecule has 0 heterocycles. The topological polar surface area (TPSA) is 37.4 Å². The summed E-state index contributed by atoms with van der Waals surface area (Å²) in [5.41, 5.74) is 0.511. The van der Waals surface area contributed by atoms with E-state index >= 15 is 0 Å². The Balaban J connectivity index is 2.99. The molecule has 1 aromatic rings. The zero-order chi connectivity index (χ0) is 13.3. The van der Waals surface area contributed by atoms with Crippen LogP contribution in [0.15, 0.2) is 29.2 Å². The van der Waals surface area contributed by atoms with E-state index in [1.807, 2.05) is 6.92 Å². The van der Waals surface area contributed by atoms with Crippen LogP contribution >= 0.6 is 0 Å². The molecular formula is C12H18FNO2S. The van der Waals surface area contributed by atoms with Gasteiger partial charge in [-0.2, -0.15) is 0 Å². The number of sulfonamides is 1. The first kappa shape index (κ1) is 14.1. The lowest BCUT2D eigenvalue weighted by Crippen LogP contribution is -2.31. The maximum absolute atomic E-state index is 13.7. The van der Waals surface area contributed by atoms with Crippen molar-refractivity contribution in [1.82, 2.24) is 4.53 Å². The highest BCUT2D eigenvalue weighted by molar-refractivity contribution is 7.89. The monoisotopic (exact) mass is 259 g/mol. The predicted molar refractivity (Wildman–Crippen MR) is 65.6 cm³/mol. The average Bonchev–Trinajstić information content (AvgIpc) is 2.15. The lowest BCUT2D eigenvalue weighted by atomic mass is 9.98. The van der Waals surface area contributed by atoms with E-state index in [9.17, 15) is 12.9 Å². The van der Waals surface area contributed by atoms with Crippen molar-refractivity contribution in [1.29, 1.82) is 0 Å². The summed E-state index contributed by atoms with van der Waals surface area (Å²) < 4.78 is 37.4. The molecule has 0 bridgehead atoms. The minimum atomic E-state index is -4.02. The van der Waals surface area contributed by atoms with Gasteiger partial charge in [0, 0.05) is 0 Å². The Hall–Kier alpha value is -0.940. The lowest BCUT2D eigenvalue weighted by molar-refractivity contribution is 0.0942. The molecule has 0 atom stereocenters. The largest absolute Gasteiger partial charge is 0.269 e. The van der Waals surface area contributed by atoms with Gasteiger partial charge in [-0.05, 0) is 29.0 Å². The van der Waals surface area contributed by atoms with E-state index in [1.54, 1.807) is 32.9 Å². The molecule has 1 aromatic carbocycles. The Morgan fingerprint density at radius 2 is 1.65 bits per heavy atom. The first-order chi connectivity index (χ1) is 7.63. The van der Waals surface area contributed by atoms with Crippen molar-refractivity contribution < 1.29 is 12.9 Å². The van der Waals surface area contributed by atoms with Crippen LogP contribution in [0.4, 0.5) is 4.48 Å². The van der Waals surface area contributed by atoms with Gasteiger partial charge in [0.05, 0.1) is 11.4 Å². The first-order valence-electron chi connectivity index (χ1n) is 5.38. The zero-order valence-electron chi connectivity index (χ0n) is 10.6. The van der Waals surface area contributed by atoms with E-state index in [1.165, 1.54) is 12.1 Å². The lowest BCUT2D eigenvalue weighted by Gasteiger charge is -2.22. The third-order valence-electron chi connectivity index (χ3n) is 2.18. The second-order valence-electron chi connectivity index (χ2n) is 5.32. The summed E-state index contributed by atoms with van der Waals surface area (Å²) in [5.74, 6) is 0. The molecule has 0 aliphatic heterocycles. The molecule has 96 valence electrons. The molecular weight excluding hydrogens is 241 g/mol. The summed E-state index contributed by atoms with van der Waals surface area (Å²) in [6, 6.07) is 6.13. The third kappa shape index (κ3) is 3.78. The van der Waals surface area contributed by atoms with E-state index in [0.29, 0.717) is 0 Å². The normalized spacial score (nSPS) is 13.1. The van der Waals surface area contributed by atoms with Gasteiger partial charge in [0.25, 0.3) is 10.0 Å². The SMILES string of the molecule is Cc1ccc(S(=O)(=O)N(F)CC(C)(C)C)cc1. The van der Waals surface area contributed by atoms with Crippen LogP contribution in [0.3, 0.4) is 0 Å². The van der Waals surface area contributed by atoms with Crippen LogP contribution in [0.5, 0.6) is 0 Å². The summed E-state index contributed by atoms with van der Waals surface area (Å²) in [6.07, 6.45) is 0. The van der Waals surface area contributed by atoms with Crippen LogP contribution in [0.2, 0.25) is 0 Å². The molecule has 0 amide bonds. The highest BCUT2D eigenvalue weighted by Crippen LogP contribution is 2.22. The van der Waals surface area contributed by atoms with E-state index in [0.717, 1.165) is 5.56 Å². The van der Waals surface area contributed by atoms with Crippen LogP contribution in [0.1, 0.15) is 26.3 Å². The zero-order valence-corrected chi connectivity index (χ0v) is 11.4. The second kappa shape index (κ2) is 4.74. The summed E-state index contributed by atoms with van der Waals surface area (Å²) in [6.45, 7) is 7.03. The van der Waals surface area contributed by atoms with Crippen LogP contribution in [0, 0.1) is 12.3 Å². The van der Waals surface area contributed by atoms with Gasteiger partial charge in [-0.3, -0.25) is 0 Å². The highest BCUT2D eigenvalue weighted by Gasteiger charge is 2.28. The van der Waals surface area contributed by atoms with Gasteiger partial charge in [-0.15, -0.1) is 4.48 Å². The van der Waals surface area contributed by atoms with Crippen LogP contribution in [-0.4, -0.2) is 19.5 Å². The van der Waals surface area contributed by atoms with Gasteiger partial charge in [0.2, 0.25) is 0 Å². The maximum atomic E-state index is 13.7. The van der Waals surface area contributed by atoms with Gasteiger partial charge in [-0.1, -0.05) is 38.5 Å². The van der Waals surface area contributed by atoms with Gasteiger partial charge in [-0.25, -0.2) is 8.42 Å². The van der Waals surface area contributed by atoms with E-state index in [-0.39, 0.29) is 16.0 Å². The Kier molecular flexibility index (Phi) is 3.94. The van der Waals surface area contributed by atoms with Gasteiger partial charge in [0.15, 0.2) is 0 Å². The Morgan fingerprint density at radius 1 is 1.18 bits per heavy atom. The molecule has 0 fully saturated rings. The number of hydrogen-bond donors (Lipinski definition) is 0. The molecule has 0 unspecified atom stereocenters. The van der Waals surface area contributed by atoms with Crippen LogP contribution < -0.4 is 0 Å². The summed E-state index contributed by atoms with van der Waals surface area (Å²) in [7, 11) is -4.02. The fourth-order valence-corrected chi connectivity index (χ4v) is 2.55. The minimum Gasteiger partial charge on any atom is -0.205 e. The van der Waals surface area contributed by atoms with E-state index < -0.39 is 15.4 Å². The smallest absolute Gasteiger partial charge is 0.205 e. The van der Waals surface area contributed by atoms with E-state index in [4.69, 9.17) is 0 Å². The van der Waals surface area contributed by atoms with Crippen molar-refractivity contribution in [2.45, 2.75) is 32.6 Å². The molecule has 0 aliphatic carbocycles. The summed E-state index contributed by atoms with van der Waals surface area (Å²) >= 11 is 0. The molecule has 0 saturated carbocycles.